The average molecular weight is 659 g/mol. The Labute approximate surface area is 289 Å². The molecule has 0 fully saturated rings. The van der Waals surface area contributed by atoms with Crippen LogP contribution in [-0.2, 0) is 18.0 Å². The zero-order valence-corrected chi connectivity index (χ0v) is 28.4. The highest BCUT2D eigenvalue weighted by Gasteiger charge is 2.18. The summed E-state index contributed by atoms with van der Waals surface area (Å²) in [6.07, 6.45) is 11.8. The molecule has 0 aliphatic rings. The largest absolute Gasteiger partial charge is 0.502 e. The minimum Gasteiger partial charge on any atom is -0.502 e. The standard InChI is InChI=1S/C43H46O6/c1-46-40-30-36(25-27-39(40)48-32-35-22-16-12-17-23-35)43-42(45)41(44)37-29-33(24-26-38(37)49-43)19-13-9-7-5-3-2-4-6-8-10-18-28-47-31-34-20-14-11-15-21-34/h11-12,14-17,20-27,29-30,45H,2-10,18,28,31-32H2,1H3. The van der Waals surface area contributed by atoms with Crippen LogP contribution in [0.15, 0.2) is 106 Å². The summed E-state index contributed by atoms with van der Waals surface area (Å²) in [4.78, 5) is 13.2. The normalized spacial score (nSPS) is 10.9. The molecular formula is C43H46O6. The van der Waals surface area contributed by atoms with Gasteiger partial charge < -0.3 is 23.7 Å². The molecule has 1 N–H and O–H groups in total. The van der Waals surface area contributed by atoms with E-state index in [1.807, 2.05) is 54.6 Å². The van der Waals surface area contributed by atoms with Crippen molar-refractivity contribution in [3.8, 4) is 40.4 Å². The lowest BCUT2D eigenvalue weighted by atomic mass is 10.1. The molecule has 0 saturated heterocycles. The summed E-state index contributed by atoms with van der Waals surface area (Å²) < 4.78 is 23.3. The Morgan fingerprint density at radius 3 is 2.04 bits per heavy atom. The van der Waals surface area contributed by atoms with Crippen LogP contribution in [0.25, 0.3) is 22.3 Å². The van der Waals surface area contributed by atoms with Crippen molar-refractivity contribution in [2.24, 2.45) is 0 Å². The number of rotatable bonds is 18. The molecule has 0 amide bonds. The fourth-order valence-electron chi connectivity index (χ4n) is 5.71. The first kappa shape index (κ1) is 35.3. The molecule has 5 aromatic rings. The Hall–Kier alpha value is -4.99. The lowest BCUT2D eigenvalue weighted by Gasteiger charge is -2.13. The number of hydrogen-bond acceptors (Lipinski definition) is 6. The first-order valence-corrected chi connectivity index (χ1v) is 17.4. The van der Waals surface area contributed by atoms with E-state index in [2.05, 4.69) is 24.0 Å². The first-order chi connectivity index (χ1) is 24.1. The summed E-state index contributed by atoms with van der Waals surface area (Å²) in [5.41, 5.74) is 3.37. The van der Waals surface area contributed by atoms with Gasteiger partial charge in [-0.2, -0.15) is 0 Å². The fourth-order valence-corrected chi connectivity index (χ4v) is 5.71. The molecule has 5 rings (SSSR count). The Balaban J connectivity index is 1.03. The van der Waals surface area contributed by atoms with E-state index in [0.29, 0.717) is 41.2 Å². The number of benzene rings is 4. The monoisotopic (exact) mass is 658 g/mol. The molecule has 0 unspecified atom stereocenters. The predicted octanol–water partition coefficient (Wildman–Crippen LogP) is 10.2. The second-order valence-corrected chi connectivity index (χ2v) is 12.2. The quantitative estimate of drug-likeness (QED) is 0.0746. The van der Waals surface area contributed by atoms with Gasteiger partial charge in [-0.25, -0.2) is 0 Å². The van der Waals surface area contributed by atoms with E-state index >= 15 is 0 Å². The van der Waals surface area contributed by atoms with Crippen LogP contribution in [0, 0.1) is 11.8 Å². The van der Waals surface area contributed by atoms with Gasteiger partial charge in [0.1, 0.15) is 12.2 Å². The van der Waals surface area contributed by atoms with Gasteiger partial charge in [-0.15, -0.1) is 0 Å². The third-order valence-corrected chi connectivity index (χ3v) is 8.46. The molecule has 1 aromatic heterocycles. The molecule has 0 aliphatic carbocycles. The first-order valence-electron chi connectivity index (χ1n) is 17.4. The van der Waals surface area contributed by atoms with E-state index in [0.717, 1.165) is 37.0 Å². The number of ether oxygens (including phenoxy) is 3. The van der Waals surface area contributed by atoms with Gasteiger partial charge in [0.2, 0.25) is 11.2 Å². The number of fused-ring (bicyclic) bond motifs is 1. The van der Waals surface area contributed by atoms with Crippen molar-refractivity contribution in [3.05, 3.63) is 124 Å². The molecule has 0 radical (unpaired) electrons. The van der Waals surface area contributed by atoms with Crippen molar-refractivity contribution in [3.63, 3.8) is 0 Å². The molecule has 0 bridgehead atoms. The maximum Gasteiger partial charge on any atom is 0.235 e. The van der Waals surface area contributed by atoms with Crippen LogP contribution < -0.4 is 14.9 Å². The maximum absolute atomic E-state index is 13.2. The molecule has 4 aromatic carbocycles. The van der Waals surface area contributed by atoms with Crippen molar-refractivity contribution in [2.75, 3.05) is 13.7 Å². The Morgan fingerprint density at radius 2 is 1.35 bits per heavy atom. The Bertz CT molecular complexity index is 1870. The molecule has 0 spiro atoms. The molecule has 0 saturated carbocycles. The van der Waals surface area contributed by atoms with Gasteiger partial charge >= 0.3 is 0 Å². The van der Waals surface area contributed by atoms with Crippen molar-refractivity contribution >= 4 is 11.0 Å². The smallest absolute Gasteiger partial charge is 0.235 e. The topological polar surface area (TPSA) is 78.1 Å². The summed E-state index contributed by atoms with van der Waals surface area (Å²) in [7, 11) is 1.54. The van der Waals surface area contributed by atoms with E-state index < -0.39 is 11.2 Å². The van der Waals surface area contributed by atoms with Gasteiger partial charge in [0.15, 0.2) is 17.3 Å². The van der Waals surface area contributed by atoms with Crippen molar-refractivity contribution < 1.29 is 23.7 Å². The molecule has 0 aliphatic heterocycles. The second kappa shape index (κ2) is 19.1. The van der Waals surface area contributed by atoms with Crippen molar-refractivity contribution in [1.29, 1.82) is 0 Å². The summed E-state index contributed by atoms with van der Waals surface area (Å²) in [5, 5.41) is 11.1. The van der Waals surface area contributed by atoms with Crippen LogP contribution >= 0.6 is 0 Å². The van der Waals surface area contributed by atoms with Crippen molar-refractivity contribution in [1.82, 2.24) is 0 Å². The van der Waals surface area contributed by atoms with E-state index in [4.69, 9.17) is 18.6 Å². The zero-order valence-electron chi connectivity index (χ0n) is 28.4. The fraction of sp³-hybridized carbons (Fsp3) is 0.326. The van der Waals surface area contributed by atoms with Gasteiger partial charge in [0.05, 0.1) is 19.1 Å². The van der Waals surface area contributed by atoms with Gasteiger partial charge in [0.25, 0.3) is 0 Å². The summed E-state index contributed by atoms with van der Waals surface area (Å²) in [6.45, 7) is 1.92. The zero-order chi connectivity index (χ0) is 34.1. The van der Waals surface area contributed by atoms with Crippen LogP contribution in [0.4, 0.5) is 0 Å². The highest BCUT2D eigenvalue weighted by Crippen LogP contribution is 2.36. The van der Waals surface area contributed by atoms with Crippen molar-refractivity contribution in [2.45, 2.75) is 77.4 Å². The molecule has 0 atom stereocenters. The summed E-state index contributed by atoms with van der Waals surface area (Å²) >= 11 is 0. The van der Waals surface area contributed by atoms with Crippen LogP contribution in [0.2, 0.25) is 0 Å². The summed E-state index contributed by atoms with van der Waals surface area (Å²) in [6, 6.07) is 30.6. The van der Waals surface area contributed by atoms with Gasteiger partial charge in [-0.3, -0.25) is 4.79 Å². The highest BCUT2D eigenvalue weighted by atomic mass is 16.5. The third kappa shape index (κ3) is 10.8. The number of hydrogen-bond donors (Lipinski definition) is 1. The van der Waals surface area contributed by atoms with Crippen LogP contribution in [0.5, 0.6) is 17.2 Å². The average Bonchev–Trinajstić information content (AvgIpc) is 3.14. The van der Waals surface area contributed by atoms with Crippen LogP contribution in [0.1, 0.15) is 80.9 Å². The van der Waals surface area contributed by atoms with Crippen LogP contribution in [-0.4, -0.2) is 18.8 Å². The number of aromatic hydroxyl groups is 1. The lowest BCUT2D eigenvalue weighted by Crippen LogP contribution is -2.03. The molecule has 49 heavy (non-hydrogen) atoms. The molecule has 6 nitrogen and oxygen atoms in total. The Morgan fingerprint density at radius 1 is 0.694 bits per heavy atom. The summed E-state index contributed by atoms with van der Waals surface area (Å²) in [5.74, 6) is 7.05. The minimum atomic E-state index is -0.500. The van der Waals surface area contributed by atoms with E-state index in [-0.39, 0.29) is 5.76 Å². The lowest BCUT2D eigenvalue weighted by molar-refractivity contribution is 0.116. The second-order valence-electron chi connectivity index (χ2n) is 12.2. The third-order valence-electron chi connectivity index (χ3n) is 8.46. The van der Waals surface area contributed by atoms with Gasteiger partial charge in [-0.1, -0.05) is 117 Å². The molecule has 1 heterocycles. The van der Waals surface area contributed by atoms with Gasteiger partial charge in [-0.05, 0) is 60.4 Å². The van der Waals surface area contributed by atoms with E-state index in [1.165, 1.54) is 50.5 Å². The predicted molar refractivity (Wildman–Crippen MR) is 196 cm³/mol. The Kier molecular flexibility index (Phi) is 13.8. The number of unbranched alkanes of at least 4 members (excludes halogenated alkanes) is 9. The number of methoxy groups -OCH3 is 1. The maximum atomic E-state index is 13.2. The SMILES string of the molecule is COc1cc(-c2oc3ccc(C#CCCCCCCCCCCCOCc4ccccc4)cc3c(=O)c2O)ccc1OCc1ccccc1. The molecular weight excluding hydrogens is 612 g/mol. The highest BCUT2D eigenvalue weighted by molar-refractivity contribution is 5.83. The van der Waals surface area contributed by atoms with Gasteiger partial charge in [0, 0.05) is 24.2 Å². The molecule has 6 heteroatoms. The van der Waals surface area contributed by atoms with Crippen LogP contribution in [0.3, 0.4) is 0 Å². The molecule has 254 valence electrons. The van der Waals surface area contributed by atoms with E-state index in [1.54, 1.807) is 37.4 Å². The minimum absolute atomic E-state index is 0.0772. The van der Waals surface area contributed by atoms with E-state index in [9.17, 15) is 9.90 Å².